The highest BCUT2D eigenvalue weighted by Gasteiger charge is 2.27. The molecule has 0 amide bonds. The van der Waals surface area contributed by atoms with Crippen molar-refractivity contribution >= 4 is 11.0 Å². The third kappa shape index (κ3) is 3.41. The Morgan fingerprint density at radius 3 is 3.09 bits per heavy atom. The Kier molecular flexibility index (Phi) is 4.32. The molecular formula is C16H20FN3O3. The van der Waals surface area contributed by atoms with Gasteiger partial charge in [-0.2, -0.15) is 0 Å². The maximum Gasteiger partial charge on any atom is 0.213 e. The molecule has 3 rings (SSSR count). The summed E-state index contributed by atoms with van der Waals surface area (Å²) in [4.78, 5) is 8.17. The first-order chi connectivity index (χ1) is 11.5. The Labute approximate surface area is 134 Å². The van der Waals surface area contributed by atoms with Crippen molar-refractivity contribution in [3.05, 3.63) is 29.7 Å². The van der Waals surface area contributed by atoms with E-state index in [9.17, 15) is 9.50 Å². The molecule has 1 saturated heterocycles. The number of aromatic nitrogens is 2. The van der Waals surface area contributed by atoms with Gasteiger partial charge in [-0.1, -0.05) is 0 Å². The van der Waals surface area contributed by atoms with E-state index in [1.165, 1.54) is 7.11 Å². The van der Waals surface area contributed by atoms with Crippen LogP contribution >= 0.6 is 0 Å². The molecule has 2 aromatic rings. The molecule has 1 aliphatic rings. The van der Waals surface area contributed by atoms with Crippen LogP contribution in [0.1, 0.15) is 19.8 Å². The van der Waals surface area contributed by atoms with Crippen LogP contribution in [-0.2, 0) is 11.1 Å². The van der Waals surface area contributed by atoms with Crippen LogP contribution in [-0.4, -0.2) is 47.0 Å². The minimum Gasteiger partial charge on any atom is -0.481 e. The van der Waals surface area contributed by atoms with E-state index in [1.807, 2.05) is 0 Å². The molecule has 0 aromatic carbocycles. The summed E-state index contributed by atoms with van der Waals surface area (Å²) in [5.41, 5.74) is 6.40. The number of rotatable bonds is 4. The molecule has 1 fully saturated rings. The highest BCUT2D eigenvalue weighted by atomic mass is 19.1. The fourth-order valence-corrected chi connectivity index (χ4v) is 2.66. The van der Waals surface area contributed by atoms with Crippen LogP contribution in [0, 0.1) is 5.82 Å². The summed E-state index contributed by atoms with van der Waals surface area (Å²) >= 11 is 0. The second kappa shape index (κ2) is 6.74. The highest BCUT2D eigenvalue weighted by molar-refractivity contribution is 5.78. The molecule has 0 saturated carbocycles. The van der Waals surface area contributed by atoms with Crippen molar-refractivity contribution in [1.29, 1.82) is 0 Å². The number of aliphatic hydroxyl groups excluding tert-OH is 1. The largest absolute Gasteiger partial charge is 0.481 e. The van der Waals surface area contributed by atoms with Crippen LogP contribution in [0.5, 0.6) is 5.88 Å². The predicted octanol–water partition coefficient (Wildman–Crippen LogP) is 1.19. The topological polar surface area (TPSA) is 90.5 Å². The molecule has 2 aromatic heterocycles. The Balaban J connectivity index is 1.96. The fourth-order valence-electron chi connectivity index (χ4n) is 2.66. The second-order valence-electron chi connectivity index (χ2n) is 5.61. The van der Waals surface area contributed by atoms with Gasteiger partial charge in [0.25, 0.3) is 0 Å². The number of fused-ring (bicyclic) bond motifs is 1. The van der Waals surface area contributed by atoms with Gasteiger partial charge in [0.1, 0.15) is 5.82 Å². The number of ether oxygens (including phenoxy) is 2. The van der Waals surface area contributed by atoms with Gasteiger partial charge in [0.05, 0.1) is 43.2 Å². The zero-order chi connectivity index (χ0) is 17.3. The van der Waals surface area contributed by atoms with Crippen LogP contribution in [0.4, 0.5) is 4.39 Å². The first kappa shape index (κ1) is 14.7. The third-order valence-corrected chi connectivity index (χ3v) is 3.95. The van der Waals surface area contributed by atoms with E-state index in [2.05, 4.69) is 9.97 Å². The first-order valence-corrected chi connectivity index (χ1v) is 7.48. The lowest BCUT2D eigenvalue weighted by Crippen LogP contribution is -2.41. The standard InChI is InChI=1S/C16H20FN3O3/c1-22-15-5-3-12-16(20-15)10(11(17)7-19-12)6-13(21)14-4-2-9(18)8-23-14/h3,5,7,9,13-14,21H,2,4,6,8,18H2,1H3/t9-,13+,14+/m1/s1/i6D/t6?,9-,13+,14+. The van der Waals surface area contributed by atoms with Crippen molar-refractivity contribution in [1.82, 2.24) is 9.97 Å². The van der Waals surface area contributed by atoms with E-state index in [-0.39, 0.29) is 23.0 Å². The van der Waals surface area contributed by atoms with Crippen LogP contribution in [0.25, 0.3) is 11.0 Å². The summed E-state index contributed by atoms with van der Waals surface area (Å²) in [5.74, 6) is -0.396. The van der Waals surface area contributed by atoms with E-state index < -0.39 is 24.4 Å². The Hall–Kier alpha value is -1.83. The molecule has 6 nitrogen and oxygen atoms in total. The van der Waals surface area contributed by atoms with Crippen molar-refractivity contribution < 1.29 is 20.3 Å². The lowest BCUT2D eigenvalue weighted by atomic mass is 9.96. The summed E-state index contributed by atoms with van der Waals surface area (Å²) in [6, 6.07) is 3.18. The average Bonchev–Trinajstić information content (AvgIpc) is 2.60. The van der Waals surface area contributed by atoms with Gasteiger partial charge in [0.15, 0.2) is 0 Å². The number of halogens is 1. The minimum atomic E-state index is -1.26. The smallest absolute Gasteiger partial charge is 0.213 e. The summed E-state index contributed by atoms with van der Waals surface area (Å²) in [6.07, 6.45) is -0.739. The second-order valence-corrected chi connectivity index (χ2v) is 5.61. The quantitative estimate of drug-likeness (QED) is 0.879. The van der Waals surface area contributed by atoms with Crippen molar-refractivity contribution in [3.63, 3.8) is 0 Å². The van der Waals surface area contributed by atoms with Gasteiger partial charge in [-0.3, -0.25) is 4.98 Å². The van der Waals surface area contributed by atoms with Gasteiger partial charge in [-0.15, -0.1) is 0 Å². The normalized spacial score (nSPS) is 25.0. The molecule has 3 heterocycles. The van der Waals surface area contributed by atoms with Gasteiger partial charge >= 0.3 is 0 Å². The number of pyridine rings is 2. The van der Waals surface area contributed by atoms with E-state index >= 15 is 0 Å². The Morgan fingerprint density at radius 1 is 1.57 bits per heavy atom. The lowest BCUT2D eigenvalue weighted by molar-refractivity contribution is -0.0673. The molecule has 124 valence electrons. The van der Waals surface area contributed by atoms with Crippen LogP contribution < -0.4 is 10.5 Å². The number of aliphatic hydroxyl groups is 1. The van der Waals surface area contributed by atoms with Gasteiger partial charge in [0, 0.05) is 25.4 Å². The van der Waals surface area contributed by atoms with Crippen LogP contribution in [0.3, 0.4) is 0 Å². The molecule has 1 unspecified atom stereocenters. The molecule has 0 radical (unpaired) electrons. The monoisotopic (exact) mass is 322 g/mol. The lowest BCUT2D eigenvalue weighted by Gasteiger charge is -2.30. The fraction of sp³-hybridized carbons (Fsp3) is 0.500. The Morgan fingerprint density at radius 2 is 2.39 bits per heavy atom. The van der Waals surface area contributed by atoms with Crippen molar-refractivity contribution in [2.24, 2.45) is 5.73 Å². The van der Waals surface area contributed by atoms with Crippen molar-refractivity contribution in [2.45, 2.75) is 37.5 Å². The van der Waals surface area contributed by atoms with Crippen molar-refractivity contribution in [2.75, 3.05) is 13.7 Å². The van der Waals surface area contributed by atoms with E-state index in [1.54, 1.807) is 12.1 Å². The molecule has 0 bridgehead atoms. The van der Waals surface area contributed by atoms with Crippen LogP contribution in [0.15, 0.2) is 18.3 Å². The summed E-state index contributed by atoms with van der Waals surface area (Å²) in [6.45, 7) is 0.320. The number of nitrogens with zero attached hydrogens (tertiary/aromatic N) is 2. The number of hydrogen-bond donors (Lipinski definition) is 2. The molecule has 23 heavy (non-hydrogen) atoms. The summed E-state index contributed by atoms with van der Waals surface area (Å²) < 4.78 is 33.3. The van der Waals surface area contributed by atoms with Gasteiger partial charge in [-0.05, 0) is 18.9 Å². The van der Waals surface area contributed by atoms with Crippen LogP contribution in [0.2, 0.25) is 0 Å². The number of methoxy groups -OCH3 is 1. The maximum absolute atomic E-state index is 14.4. The number of hydrogen-bond acceptors (Lipinski definition) is 6. The molecular weight excluding hydrogens is 301 g/mol. The van der Waals surface area contributed by atoms with E-state index in [0.29, 0.717) is 25.0 Å². The predicted molar refractivity (Wildman–Crippen MR) is 82.7 cm³/mol. The molecule has 7 heteroatoms. The van der Waals surface area contributed by atoms with Gasteiger partial charge in [0.2, 0.25) is 5.88 Å². The maximum atomic E-state index is 14.4. The van der Waals surface area contributed by atoms with Gasteiger partial charge < -0.3 is 20.3 Å². The third-order valence-electron chi connectivity index (χ3n) is 3.95. The average molecular weight is 322 g/mol. The molecule has 1 aliphatic heterocycles. The zero-order valence-electron chi connectivity index (χ0n) is 13.8. The molecule has 0 aliphatic carbocycles. The zero-order valence-corrected chi connectivity index (χ0v) is 12.8. The SMILES string of the molecule is [2H]C(c1c(F)cnc2ccc(OC)nc12)[C@H](O)[C@@H]1CC[C@@H](N)CO1. The molecule has 0 spiro atoms. The van der Waals surface area contributed by atoms with Gasteiger partial charge in [-0.25, -0.2) is 9.37 Å². The molecule has 3 N–H and O–H groups in total. The molecule has 4 atom stereocenters. The van der Waals surface area contributed by atoms with E-state index in [4.69, 9.17) is 16.6 Å². The first-order valence-electron chi connectivity index (χ1n) is 8.05. The highest BCUT2D eigenvalue weighted by Crippen LogP contribution is 2.25. The minimum absolute atomic E-state index is 0.00938. The van der Waals surface area contributed by atoms with E-state index in [0.717, 1.165) is 6.20 Å². The summed E-state index contributed by atoms with van der Waals surface area (Å²) in [5, 5.41) is 10.5. The Bertz CT molecular complexity index is 725. The summed E-state index contributed by atoms with van der Waals surface area (Å²) in [7, 11) is 1.45. The number of nitrogens with two attached hydrogens (primary N) is 1. The van der Waals surface area contributed by atoms with Crippen molar-refractivity contribution in [3.8, 4) is 5.88 Å².